The molecule has 2 heterocycles. The summed E-state index contributed by atoms with van der Waals surface area (Å²) in [5.74, 6) is 0.177. The molecular formula is C14H25N5O. The standard InChI is InChI=1S/C14H25N5O/c1-11(20)18-7-5-12(6-8-18)15-9-13-10-19(17-16-13)14(2,3)4/h10,12,15H,5-9H2,1-4H3. The molecule has 0 aliphatic carbocycles. The minimum Gasteiger partial charge on any atom is -0.343 e. The topological polar surface area (TPSA) is 63.1 Å². The van der Waals surface area contributed by atoms with E-state index in [-0.39, 0.29) is 11.4 Å². The number of rotatable bonds is 3. The molecule has 6 heteroatoms. The maximum Gasteiger partial charge on any atom is 0.219 e. The Morgan fingerprint density at radius 3 is 2.55 bits per heavy atom. The largest absolute Gasteiger partial charge is 0.343 e. The van der Waals surface area contributed by atoms with E-state index < -0.39 is 0 Å². The van der Waals surface area contributed by atoms with Crippen molar-refractivity contribution >= 4 is 5.91 Å². The van der Waals surface area contributed by atoms with Gasteiger partial charge in [-0.25, -0.2) is 4.68 Å². The molecule has 6 nitrogen and oxygen atoms in total. The first-order chi connectivity index (χ1) is 9.36. The molecule has 112 valence electrons. The summed E-state index contributed by atoms with van der Waals surface area (Å²) in [6.45, 7) is 10.4. The summed E-state index contributed by atoms with van der Waals surface area (Å²) in [5.41, 5.74) is 0.937. The van der Waals surface area contributed by atoms with Gasteiger partial charge in [-0.1, -0.05) is 5.21 Å². The summed E-state index contributed by atoms with van der Waals surface area (Å²) >= 11 is 0. The first kappa shape index (κ1) is 15.0. The van der Waals surface area contributed by atoms with Crippen LogP contribution in [0.15, 0.2) is 6.20 Å². The normalized spacial score (nSPS) is 17.5. The lowest BCUT2D eigenvalue weighted by Crippen LogP contribution is -2.44. The highest BCUT2D eigenvalue weighted by Crippen LogP contribution is 2.13. The Kier molecular flexibility index (Phi) is 4.42. The van der Waals surface area contributed by atoms with Crippen LogP contribution in [0, 0.1) is 0 Å². The molecular weight excluding hydrogens is 254 g/mol. The third kappa shape index (κ3) is 3.79. The lowest BCUT2D eigenvalue weighted by atomic mass is 10.1. The van der Waals surface area contributed by atoms with Gasteiger partial charge in [-0.3, -0.25) is 4.79 Å². The zero-order valence-electron chi connectivity index (χ0n) is 12.9. The summed E-state index contributed by atoms with van der Waals surface area (Å²) < 4.78 is 1.89. The van der Waals surface area contributed by atoms with Crippen molar-refractivity contribution in [3.05, 3.63) is 11.9 Å². The number of hydrogen-bond donors (Lipinski definition) is 1. The minimum atomic E-state index is -0.0297. The molecule has 0 saturated carbocycles. The number of carbonyl (C=O) groups is 1. The van der Waals surface area contributed by atoms with Crippen molar-refractivity contribution in [3.63, 3.8) is 0 Å². The van der Waals surface area contributed by atoms with Gasteiger partial charge in [0.05, 0.1) is 17.4 Å². The molecule has 0 aromatic carbocycles. The average molecular weight is 279 g/mol. The maximum atomic E-state index is 11.3. The van der Waals surface area contributed by atoms with E-state index in [4.69, 9.17) is 0 Å². The lowest BCUT2D eigenvalue weighted by molar-refractivity contribution is -0.129. The zero-order chi connectivity index (χ0) is 14.8. The summed E-state index contributed by atoms with van der Waals surface area (Å²) in [5, 5.41) is 11.9. The van der Waals surface area contributed by atoms with E-state index >= 15 is 0 Å². The van der Waals surface area contributed by atoms with Gasteiger partial charge in [0.25, 0.3) is 0 Å². The van der Waals surface area contributed by atoms with Crippen LogP contribution in [0.1, 0.15) is 46.2 Å². The van der Waals surface area contributed by atoms with Crippen molar-refractivity contribution < 1.29 is 4.79 Å². The van der Waals surface area contributed by atoms with Crippen molar-refractivity contribution in [1.82, 2.24) is 25.2 Å². The molecule has 0 radical (unpaired) electrons. The van der Waals surface area contributed by atoms with Crippen LogP contribution < -0.4 is 5.32 Å². The summed E-state index contributed by atoms with van der Waals surface area (Å²) in [4.78, 5) is 13.2. The van der Waals surface area contributed by atoms with Gasteiger partial charge in [0, 0.05) is 32.6 Å². The minimum absolute atomic E-state index is 0.0297. The van der Waals surface area contributed by atoms with Crippen molar-refractivity contribution in [2.75, 3.05) is 13.1 Å². The molecule has 0 spiro atoms. The molecule has 1 fully saturated rings. The number of nitrogens with one attached hydrogen (secondary N) is 1. The molecule has 20 heavy (non-hydrogen) atoms. The fourth-order valence-corrected chi connectivity index (χ4v) is 2.35. The van der Waals surface area contributed by atoms with Crippen LogP contribution in [0.2, 0.25) is 0 Å². The Labute approximate surface area is 120 Å². The predicted octanol–water partition coefficient (Wildman–Crippen LogP) is 1.13. The lowest BCUT2D eigenvalue weighted by Gasteiger charge is -2.31. The van der Waals surface area contributed by atoms with Crippen LogP contribution in [0.4, 0.5) is 0 Å². The van der Waals surface area contributed by atoms with E-state index in [9.17, 15) is 4.79 Å². The van der Waals surface area contributed by atoms with Gasteiger partial charge in [0.1, 0.15) is 0 Å². The molecule has 1 aromatic rings. The van der Waals surface area contributed by atoms with Gasteiger partial charge >= 0.3 is 0 Å². The third-order valence-electron chi connectivity index (χ3n) is 3.74. The van der Waals surface area contributed by atoms with Crippen LogP contribution in [0.3, 0.4) is 0 Å². The summed E-state index contributed by atoms with van der Waals surface area (Å²) in [6, 6.07) is 0.463. The molecule has 1 saturated heterocycles. The van der Waals surface area contributed by atoms with Crippen molar-refractivity contribution in [3.8, 4) is 0 Å². The van der Waals surface area contributed by atoms with Crippen LogP contribution in [-0.4, -0.2) is 44.9 Å². The van der Waals surface area contributed by atoms with E-state index in [1.807, 2.05) is 15.8 Å². The van der Waals surface area contributed by atoms with E-state index in [1.165, 1.54) is 0 Å². The Morgan fingerprint density at radius 1 is 1.40 bits per heavy atom. The second-order valence-electron chi connectivity index (χ2n) is 6.49. The van der Waals surface area contributed by atoms with Gasteiger partial charge in [0.2, 0.25) is 5.91 Å². The van der Waals surface area contributed by atoms with Crippen molar-refractivity contribution in [2.24, 2.45) is 0 Å². The molecule has 0 atom stereocenters. The molecule has 1 aromatic heterocycles. The predicted molar refractivity (Wildman–Crippen MR) is 77.1 cm³/mol. The highest BCUT2D eigenvalue weighted by atomic mass is 16.2. The Morgan fingerprint density at radius 2 is 2.05 bits per heavy atom. The van der Waals surface area contributed by atoms with Crippen molar-refractivity contribution in [2.45, 2.75) is 58.7 Å². The SMILES string of the molecule is CC(=O)N1CCC(NCc2cn(C(C)(C)C)nn2)CC1. The Bertz CT molecular complexity index is 454. The van der Waals surface area contributed by atoms with E-state index in [1.54, 1.807) is 6.92 Å². The number of carbonyl (C=O) groups excluding carboxylic acids is 1. The Balaban J connectivity index is 1.79. The number of nitrogens with zero attached hydrogens (tertiary/aromatic N) is 4. The van der Waals surface area contributed by atoms with E-state index in [0.29, 0.717) is 6.04 Å². The van der Waals surface area contributed by atoms with Gasteiger partial charge < -0.3 is 10.2 Å². The van der Waals surface area contributed by atoms with Gasteiger partial charge in [-0.15, -0.1) is 5.10 Å². The number of aromatic nitrogens is 3. The monoisotopic (exact) mass is 279 g/mol. The molecule has 1 aliphatic rings. The maximum absolute atomic E-state index is 11.3. The second-order valence-corrected chi connectivity index (χ2v) is 6.49. The smallest absolute Gasteiger partial charge is 0.219 e. The third-order valence-corrected chi connectivity index (χ3v) is 3.74. The molecule has 0 unspecified atom stereocenters. The quantitative estimate of drug-likeness (QED) is 0.901. The summed E-state index contributed by atoms with van der Waals surface area (Å²) in [7, 11) is 0. The van der Waals surface area contributed by atoms with E-state index in [2.05, 4.69) is 36.4 Å². The average Bonchev–Trinajstić information content (AvgIpc) is 2.85. The van der Waals surface area contributed by atoms with Gasteiger partial charge in [-0.2, -0.15) is 0 Å². The van der Waals surface area contributed by atoms with Crippen LogP contribution in [-0.2, 0) is 16.9 Å². The molecule has 1 amide bonds. The van der Waals surface area contributed by atoms with Crippen LogP contribution in [0.5, 0.6) is 0 Å². The van der Waals surface area contributed by atoms with Crippen LogP contribution >= 0.6 is 0 Å². The summed E-state index contributed by atoms with van der Waals surface area (Å²) in [6.07, 6.45) is 4.01. The van der Waals surface area contributed by atoms with Crippen LogP contribution in [0.25, 0.3) is 0 Å². The molecule has 1 N–H and O–H groups in total. The fourth-order valence-electron chi connectivity index (χ4n) is 2.35. The number of piperidine rings is 1. The molecule has 1 aliphatic heterocycles. The second kappa shape index (κ2) is 5.91. The highest BCUT2D eigenvalue weighted by Gasteiger charge is 2.21. The fraction of sp³-hybridized carbons (Fsp3) is 0.786. The Hall–Kier alpha value is -1.43. The first-order valence-corrected chi connectivity index (χ1v) is 7.27. The van der Waals surface area contributed by atoms with Crippen molar-refractivity contribution in [1.29, 1.82) is 0 Å². The van der Waals surface area contributed by atoms with Gasteiger partial charge in [-0.05, 0) is 33.6 Å². The number of amides is 1. The zero-order valence-corrected chi connectivity index (χ0v) is 12.9. The van der Waals surface area contributed by atoms with Gasteiger partial charge in [0.15, 0.2) is 0 Å². The number of hydrogen-bond acceptors (Lipinski definition) is 4. The highest BCUT2D eigenvalue weighted by molar-refractivity contribution is 5.73. The van der Waals surface area contributed by atoms with E-state index in [0.717, 1.165) is 38.2 Å². The number of likely N-dealkylation sites (tertiary alicyclic amines) is 1. The molecule has 0 bridgehead atoms. The molecule has 2 rings (SSSR count). The first-order valence-electron chi connectivity index (χ1n) is 7.27.